The molecule has 0 aliphatic rings. The lowest BCUT2D eigenvalue weighted by molar-refractivity contribution is 0.475. The normalized spacial score (nSPS) is 11.5. The van der Waals surface area contributed by atoms with Crippen molar-refractivity contribution in [3.05, 3.63) is 24.3 Å². The van der Waals surface area contributed by atoms with E-state index >= 15 is 0 Å². The number of nitrogens with zero attached hydrogens (tertiary/aromatic N) is 2. The molecule has 0 saturated carbocycles. The van der Waals surface area contributed by atoms with Crippen LogP contribution in [0.1, 0.15) is 53.4 Å². The Balaban J connectivity index is 2.67. The van der Waals surface area contributed by atoms with Crippen LogP contribution in [0.3, 0.4) is 0 Å². The van der Waals surface area contributed by atoms with E-state index in [0.29, 0.717) is 37.6 Å². The summed E-state index contributed by atoms with van der Waals surface area (Å²) >= 11 is 0. The Labute approximate surface area is 197 Å². The van der Waals surface area contributed by atoms with Gasteiger partial charge in [0.05, 0.1) is 32.5 Å². The largest absolute Gasteiger partial charge is 0.504 e. The molecule has 2 aromatic carbocycles. The van der Waals surface area contributed by atoms with E-state index in [9.17, 15) is 18.6 Å². The van der Waals surface area contributed by atoms with E-state index in [0.717, 1.165) is 25.7 Å². The van der Waals surface area contributed by atoms with Gasteiger partial charge in [-0.1, -0.05) is 27.7 Å². The molecule has 0 saturated heterocycles. The van der Waals surface area contributed by atoms with Crippen molar-refractivity contribution in [1.29, 1.82) is 0 Å². The van der Waals surface area contributed by atoms with E-state index in [4.69, 9.17) is 11.5 Å². The Hall–Kier alpha value is -2.81. The SMILES string of the molecule is CCCN(CCC)c1cc(S(=O)(=O)c2cc(N)c(O)c(N(CCC)CCC)c2)cc(N)c1O. The molecule has 0 aliphatic carbocycles. The van der Waals surface area contributed by atoms with E-state index in [1.54, 1.807) is 0 Å². The number of benzene rings is 2. The van der Waals surface area contributed by atoms with Crippen molar-refractivity contribution in [2.45, 2.75) is 63.2 Å². The first-order valence-corrected chi connectivity index (χ1v) is 13.1. The highest BCUT2D eigenvalue weighted by Crippen LogP contribution is 2.41. The maximum absolute atomic E-state index is 13.6. The van der Waals surface area contributed by atoms with Gasteiger partial charge >= 0.3 is 0 Å². The zero-order valence-corrected chi connectivity index (χ0v) is 21.0. The number of sulfone groups is 1. The third kappa shape index (κ3) is 5.76. The van der Waals surface area contributed by atoms with E-state index in [1.165, 1.54) is 24.3 Å². The van der Waals surface area contributed by atoms with Crippen molar-refractivity contribution < 1.29 is 18.6 Å². The standard InChI is InChI=1S/C24H38N4O4S/c1-5-9-27(10-6-2)21-15-17(13-19(25)23(21)29)33(31,32)18-14-20(26)24(30)22(16-18)28(11-7-3)12-8-4/h13-16,29-30H,5-12,25-26H2,1-4H3. The van der Waals surface area contributed by atoms with Crippen molar-refractivity contribution in [2.75, 3.05) is 47.4 Å². The number of hydrogen-bond acceptors (Lipinski definition) is 8. The molecule has 0 bridgehead atoms. The van der Waals surface area contributed by atoms with Crippen LogP contribution in [0, 0.1) is 0 Å². The van der Waals surface area contributed by atoms with E-state index in [2.05, 4.69) is 0 Å². The minimum atomic E-state index is -4.02. The molecular formula is C24H38N4O4S. The Morgan fingerprint density at radius 1 is 0.667 bits per heavy atom. The lowest BCUT2D eigenvalue weighted by Crippen LogP contribution is -2.26. The van der Waals surface area contributed by atoms with Gasteiger partial charge in [0.1, 0.15) is 0 Å². The van der Waals surface area contributed by atoms with Crippen LogP contribution in [0.4, 0.5) is 22.7 Å². The van der Waals surface area contributed by atoms with Gasteiger partial charge in [-0.25, -0.2) is 8.42 Å². The molecule has 0 fully saturated rings. The van der Waals surface area contributed by atoms with Crippen LogP contribution in [-0.2, 0) is 9.84 Å². The van der Waals surface area contributed by atoms with Crippen molar-refractivity contribution in [3.8, 4) is 11.5 Å². The summed E-state index contributed by atoms with van der Waals surface area (Å²) in [7, 11) is -4.02. The second-order valence-corrected chi connectivity index (χ2v) is 10.2. The smallest absolute Gasteiger partial charge is 0.206 e. The first-order valence-electron chi connectivity index (χ1n) is 11.6. The van der Waals surface area contributed by atoms with Gasteiger partial charge in [-0.05, 0) is 49.9 Å². The predicted molar refractivity (Wildman–Crippen MR) is 136 cm³/mol. The van der Waals surface area contributed by atoms with E-state index in [1.807, 2.05) is 37.5 Å². The number of aromatic hydroxyl groups is 2. The molecular weight excluding hydrogens is 440 g/mol. The number of nitrogen functional groups attached to an aromatic ring is 2. The topological polar surface area (TPSA) is 133 Å². The lowest BCUT2D eigenvalue weighted by Gasteiger charge is -2.27. The Kier molecular flexibility index (Phi) is 9.10. The summed E-state index contributed by atoms with van der Waals surface area (Å²) in [6.07, 6.45) is 3.33. The molecule has 2 rings (SSSR count). The van der Waals surface area contributed by atoms with Crippen molar-refractivity contribution in [1.82, 2.24) is 0 Å². The summed E-state index contributed by atoms with van der Waals surface area (Å²) in [6.45, 7) is 10.7. The molecule has 0 atom stereocenters. The quantitative estimate of drug-likeness (QED) is 0.261. The number of nitrogens with two attached hydrogens (primary N) is 2. The second-order valence-electron chi connectivity index (χ2n) is 8.24. The van der Waals surface area contributed by atoms with Crippen LogP contribution in [-0.4, -0.2) is 44.8 Å². The molecule has 0 aliphatic heterocycles. The summed E-state index contributed by atoms with van der Waals surface area (Å²) in [5.74, 6) is -0.252. The molecule has 0 amide bonds. The predicted octanol–water partition coefficient (Wildman–Crippen LogP) is 4.35. The Morgan fingerprint density at radius 3 is 1.24 bits per heavy atom. The van der Waals surface area contributed by atoms with Crippen LogP contribution in [0.5, 0.6) is 11.5 Å². The fourth-order valence-electron chi connectivity index (χ4n) is 3.94. The maximum atomic E-state index is 13.6. The zero-order chi connectivity index (χ0) is 24.8. The van der Waals surface area contributed by atoms with Gasteiger partial charge < -0.3 is 31.5 Å². The van der Waals surface area contributed by atoms with Gasteiger partial charge in [0.15, 0.2) is 11.5 Å². The van der Waals surface area contributed by atoms with Crippen LogP contribution in [0.15, 0.2) is 34.1 Å². The van der Waals surface area contributed by atoms with E-state index < -0.39 is 9.84 Å². The van der Waals surface area contributed by atoms with Crippen LogP contribution in [0.25, 0.3) is 0 Å². The van der Waals surface area contributed by atoms with Crippen molar-refractivity contribution in [3.63, 3.8) is 0 Å². The van der Waals surface area contributed by atoms with Crippen LogP contribution < -0.4 is 21.3 Å². The first-order chi connectivity index (χ1) is 15.6. The number of anilines is 4. The second kappa shape index (κ2) is 11.4. The first kappa shape index (κ1) is 26.4. The molecule has 184 valence electrons. The number of phenolic OH excluding ortho intramolecular Hbond substituents is 2. The van der Waals surface area contributed by atoms with Crippen molar-refractivity contribution >= 4 is 32.6 Å². The highest BCUT2D eigenvalue weighted by atomic mass is 32.2. The average molecular weight is 479 g/mol. The molecule has 0 radical (unpaired) electrons. The van der Waals surface area contributed by atoms with E-state index in [-0.39, 0.29) is 32.7 Å². The fourth-order valence-corrected chi connectivity index (χ4v) is 5.31. The number of phenols is 2. The van der Waals surface area contributed by atoms with Gasteiger partial charge in [0.2, 0.25) is 9.84 Å². The van der Waals surface area contributed by atoms with Gasteiger partial charge in [0.25, 0.3) is 0 Å². The van der Waals surface area contributed by atoms with Crippen LogP contribution in [0.2, 0.25) is 0 Å². The highest BCUT2D eigenvalue weighted by molar-refractivity contribution is 7.91. The highest BCUT2D eigenvalue weighted by Gasteiger charge is 2.26. The van der Waals surface area contributed by atoms with Gasteiger partial charge in [-0.15, -0.1) is 0 Å². The van der Waals surface area contributed by atoms with Gasteiger partial charge in [0, 0.05) is 26.2 Å². The third-order valence-corrected chi connectivity index (χ3v) is 7.17. The number of rotatable bonds is 12. The van der Waals surface area contributed by atoms with Crippen molar-refractivity contribution in [2.24, 2.45) is 0 Å². The maximum Gasteiger partial charge on any atom is 0.206 e. The van der Waals surface area contributed by atoms with Gasteiger partial charge in [-0.2, -0.15) is 0 Å². The molecule has 0 aromatic heterocycles. The molecule has 8 nitrogen and oxygen atoms in total. The molecule has 33 heavy (non-hydrogen) atoms. The number of hydrogen-bond donors (Lipinski definition) is 4. The monoisotopic (exact) mass is 478 g/mol. The fraction of sp³-hybridized carbons (Fsp3) is 0.500. The zero-order valence-electron chi connectivity index (χ0n) is 20.1. The molecule has 0 unspecified atom stereocenters. The summed E-state index contributed by atoms with van der Waals surface area (Å²) in [5, 5.41) is 21.2. The summed E-state index contributed by atoms with van der Waals surface area (Å²) in [5.41, 5.74) is 12.8. The minimum Gasteiger partial charge on any atom is -0.504 e. The average Bonchev–Trinajstić information content (AvgIpc) is 2.77. The molecule has 0 spiro atoms. The Morgan fingerprint density at radius 2 is 0.970 bits per heavy atom. The summed E-state index contributed by atoms with van der Waals surface area (Å²) < 4.78 is 27.3. The van der Waals surface area contributed by atoms with Gasteiger partial charge in [-0.3, -0.25) is 0 Å². The Bertz CT molecular complexity index is 967. The molecule has 0 heterocycles. The minimum absolute atomic E-state index is 0.00570. The molecule has 9 heteroatoms. The van der Waals surface area contributed by atoms with Crippen LogP contribution >= 0.6 is 0 Å². The molecule has 6 N–H and O–H groups in total. The summed E-state index contributed by atoms with van der Waals surface area (Å²) in [6, 6.07) is 5.46. The lowest BCUT2D eigenvalue weighted by atomic mass is 10.2. The molecule has 2 aromatic rings. The summed E-state index contributed by atoms with van der Waals surface area (Å²) in [4.78, 5) is 3.81. The third-order valence-electron chi connectivity index (χ3n) is 5.46.